The molecule has 0 atom stereocenters. The summed E-state index contributed by atoms with van der Waals surface area (Å²) in [6, 6.07) is 7.88. The summed E-state index contributed by atoms with van der Waals surface area (Å²) in [6.45, 7) is 0. The van der Waals surface area contributed by atoms with Gasteiger partial charge in [-0.25, -0.2) is 0 Å². The molecular formula is C17H14F3N3O3. The lowest BCUT2D eigenvalue weighted by Crippen LogP contribution is -2.13. The molecule has 1 aromatic carbocycles. The minimum absolute atomic E-state index is 0.0997. The number of furan rings is 1. The first kappa shape index (κ1) is 17.7. The van der Waals surface area contributed by atoms with Crippen molar-refractivity contribution in [3.63, 3.8) is 0 Å². The first-order chi connectivity index (χ1) is 12.4. The summed E-state index contributed by atoms with van der Waals surface area (Å²) in [5.74, 6) is 0.749. The molecule has 3 rings (SSSR count). The molecule has 0 aliphatic carbocycles. The summed E-state index contributed by atoms with van der Waals surface area (Å²) in [4.78, 5) is 16.0. The largest absolute Gasteiger partial charge is 0.461 e. The van der Waals surface area contributed by atoms with Crippen molar-refractivity contribution in [1.29, 1.82) is 0 Å². The van der Waals surface area contributed by atoms with Gasteiger partial charge in [-0.2, -0.15) is 18.2 Å². The summed E-state index contributed by atoms with van der Waals surface area (Å²) in [5.41, 5.74) is -0.714. The highest BCUT2D eigenvalue weighted by atomic mass is 19.4. The summed E-state index contributed by atoms with van der Waals surface area (Å²) < 4.78 is 48.2. The van der Waals surface area contributed by atoms with E-state index in [1.807, 2.05) is 0 Å². The predicted molar refractivity (Wildman–Crippen MR) is 85.0 cm³/mol. The zero-order valence-corrected chi connectivity index (χ0v) is 13.4. The van der Waals surface area contributed by atoms with E-state index in [2.05, 4.69) is 15.5 Å². The van der Waals surface area contributed by atoms with Crippen molar-refractivity contribution in [3.8, 4) is 11.6 Å². The Kier molecular flexibility index (Phi) is 5.06. The van der Waals surface area contributed by atoms with Gasteiger partial charge in [0, 0.05) is 18.5 Å². The molecule has 0 bridgehead atoms. The molecule has 6 nitrogen and oxygen atoms in total. The second kappa shape index (κ2) is 7.42. The summed E-state index contributed by atoms with van der Waals surface area (Å²) >= 11 is 0. The Morgan fingerprint density at radius 2 is 2.04 bits per heavy atom. The first-order valence-corrected chi connectivity index (χ1v) is 7.75. The van der Waals surface area contributed by atoms with Gasteiger partial charge in [-0.05, 0) is 36.8 Å². The summed E-state index contributed by atoms with van der Waals surface area (Å²) in [7, 11) is 0. The molecule has 0 unspecified atom stereocenters. The van der Waals surface area contributed by atoms with Gasteiger partial charge in [-0.1, -0.05) is 11.2 Å². The lowest BCUT2D eigenvalue weighted by molar-refractivity contribution is -0.137. The maximum Gasteiger partial charge on any atom is 0.416 e. The fourth-order valence-electron chi connectivity index (χ4n) is 2.26. The Morgan fingerprint density at radius 1 is 1.19 bits per heavy atom. The van der Waals surface area contributed by atoms with Gasteiger partial charge in [-0.3, -0.25) is 4.79 Å². The van der Waals surface area contributed by atoms with Crippen molar-refractivity contribution in [2.45, 2.75) is 25.4 Å². The number of alkyl halides is 3. The molecule has 0 saturated carbocycles. The predicted octanol–water partition coefficient (Wildman–Crippen LogP) is 4.31. The second-order valence-electron chi connectivity index (χ2n) is 5.47. The van der Waals surface area contributed by atoms with E-state index in [0.29, 0.717) is 30.3 Å². The summed E-state index contributed by atoms with van der Waals surface area (Å²) in [5, 5.41) is 6.22. The monoisotopic (exact) mass is 365 g/mol. The quantitative estimate of drug-likeness (QED) is 0.704. The third-order valence-electron chi connectivity index (χ3n) is 3.48. The van der Waals surface area contributed by atoms with Crippen LogP contribution in [0.5, 0.6) is 0 Å². The van der Waals surface area contributed by atoms with Crippen molar-refractivity contribution >= 4 is 11.6 Å². The fourth-order valence-corrected chi connectivity index (χ4v) is 2.26. The number of nitrogens with zero attached hydrogens (tertiary/aromatic N) is 2. The van der Waals surface area contributed by atoms with Gasteiger partial charge in [0.1, 0.15) is 0 Å². The molecule has 0 radical (unpaired) electrons. The van der Waals surface area contributed by atoms with E-state index in [1.54, 1.807) is 12.1 Å². The number of carbonyl (C=O) groups excluding carboxylic acids is 1. The van der Waals surface area contributed by atoms with E-state index >= 15 is 0 Å². The number of hydrogen-bond acceptors (Lipinski definition) is 5. The van der Waals surface area contributed by atoms with Gasteiger partial charge in [0.25, 0.3) is 0 Å². The van der Waals surface area contributed by atoms with Crippen LogP contribution in [-0.4, -0.2) is 16.0 Å². The molecule has 1 N–H and O–H groups in total. The lowest BCUT2D eigenvalue weighted by Gasteiger charge is -2.09. The topological polar surface area (TPSA) is 81.2 Å². The van der Waals surface area contributed by atoms with E-state index < -0.39 is 17.6 Å². The van der Waals surface area contributed by atoms with Gasteiger partial charge >= 0.3 is 6.18 Å². The number of carbonyl (C=O) groups is 1. The average molecular weight is 365 g/mol. The molecule has 2 heterocycles. The molecule has 26 heavy (non-hydrogen) atoms. The minimum Gasteiger partial charge on any atom is -0.461 e. The number of halogens is 3. The molecule has 3 aromatic rings. The van der Waals surface area contributed by atoms with E-state index in [9.17, 15) is 18.0 Å². The summed E-state index contributed by atoms with van der Waals surface area (Å²) in [6.07, 6.45) is -2.09. The van der Waals surface area contributed by atoms with E-state index in [0.717, 1.165) is 12.1 Å². The molecule has 0 fully saturated rings. The molecule has 136 valence electrons. The van der Waals surface area contributed by atoms with Crippen molar-refractivity contribution in [2.24, 2.45) is 0 Å². The fraction of sp³-hybridized carbons (Fsp3) is 0.235. The number of benzene rings is 1. The SMILES string of the molecule is O=C(CCCc1nc(-c2ccco2)no1)Nc1cccc(C(F)(F)F)c1. The lowest BCUT2D eigenvalue weighted by atomic mass is 10.2. The number of aryl methyl sites for hydroxylation is 1. The molecule has 0 aliphatic heterocycles. The van der Waals surface area contributed by atoms with Crippen molar-refractivity contribution in [1.82, 2.24) is 10.1 Å². The molecule has 1 amide bonds. The standard InChI is InChI=1S/C17H14F3N3O3/c18-17(19,20)11-4-1-5-12(10-11)21-14(24)7-2-8-15-22-16(23-26-15)13-6-3-9-25-13/h1,3-6,9-10H,2,7-8H2,(H,21,24). The van der Waals surface area contributed by atoms with Gasteiger partial charge in [0.15, 0.2) is 5.76 Å². The smallest absolute Gasteiger partial charge is 0.416 e. The van der Waals surface area contributed by atoms with Gasteiger partial charge in [0.05, 0.1) is 11.8 Å². The van der Waals surface area contributed by atoms with Crippen LogP contribution in [0.3, 0.4) is 0 Å². The number of rotatable bonds is 6. The number of anilines is 1. The molecule has 2 aromatic heterocycles. The molecular weight excluding hydrogens is 351 g/mol. The van der Waals surface area contributed by atoms with E-state index in [4.69, 9.17) is 8.94 Å². The zero-order chi connectivity index (χ0) is 18.6. The van der Waals surface area contributed by atoms with Crippen molar-refractivity contribution < 1.29 is 26.9 Å². The Balaban J connectivity index is 1.49. The number of amides is 1. The number of aromatic nitrogens is 2. The number of hydrogen-bond donors (Lipinski definition) is 1. The molecule has 0 aliphatic rings. The first-order valence-electron chi connectivity index (χ1n) is 7.75. The normalized spacial score (nSPS) is 11.5. The van der Waals surface area contributed by atoms with Crippen LogP contribution in [0.4, 0.5) is 18.9 Å². The van der Waals surface area contributed by atoms with Crippen LogP contribution < -0.4 is 5.32 Å². The average Bonchev–Trinajstić information content (AvgIpc) is 3.25. The van der Waals surface area contributed by atoms with Crippen LogP contribution in [-0.2, 0) is 17.4 Å². The van der Waals surface area contributed by atoms with Crippen LogP contribution >= 0.6 is 0 Å². The van der Waals surface area contributed by atoms with Crippen molar-refractivity contribution in [2.75, 3.05) is 5.32 Å². The zero-order valence-electron chi connectivity index (χ0n) is 13.4. The van der Waals surface area contributed by atoms with Crippen LogP contribution in [0.25, 0.3) is 11.6 Å². The van der Waals surface area contributed by atoms with Crippen LogP contribution in [0.2, 0.25) is 0 Å². The highest BCUT2D eigenvalue weighted by Gasteiger charge is 2.30. The minimum atomic E-state index is -4.45. The maximum absolute atomic E-state index is 12.7. The van der Waals surface area contributed by atoms with Crippen LogP contribution in [0, 0.1) is 0 Å². The second-order valence-corrected chi connectivity index (χ2v) is 5.47. The van der Waals surface area contributed by atoms with E-state index in [-0.39, 0.29) is 12.1 Å². The highest BCUT2D eigenvalue weighted by molar-refractivity contribution is 5.90. The third kappa shape index (κ3) is 4.50. The highest BCUT2D eigenvalue weighted by Crippen LogP contribution is 2.30. The van der Waals surface area contributed by atoms with Gasteiger partial charge in [-0.15, -0.1) is 0 Å². The van der Waals surface area contributed by atoms with Crippen LogP contribution in [0.15, 0.2) is 51.6 Å². The van der Waals surface area contributed by atoms with Gasteiger partial charge < -0.3 is 14.3 Å². The van der Waals surface area contributed by atoms with E-state index in [1.165, 1.54) is 18.4 Å². The maximum atomic E-state index is 12.7. The Bertz CT molecular complexity index is 873. The molecule has 0 spiro atoms. The Morgan fingerprint density at radius 3 is 2.77 bits per heavy atom. The Hall–Kier alpha value is -3.10. The van der Waals surface area contributed by atoms with Crippen LogP contribution in [0.1, 0.15) is 24.3 Å². The molecule has 0 saturated heterocycles. The number of nitrogens with one attached hydrogen (secondary N) is 1. The molecule has 9 heteroatoms. The Labute approximate surface area is 146 Å². The third-order valence-corrected chi connectivity index (χ3v) is 3.48. The van der Waals surface area contributed by atoms with Gasteiger partial charge in [0.2, 0.25) is 17.6 Å². The van der Waals surface area contributed by atoms with Crippen molar-refractivity contribution in [3.05, 3.63) is 54.1 Å².